The van der Waals surface area contributed by atoms with Crippen LogP contribution in [0.25, 0.3) is 55.2 Å². The van der Waals surface area contributed by atoms with E-state index in [9.17, 15) is 4.79 Å². The van der Waals surface area contributed by atoms with Crippen molar-refractivity contribution in [3.63, 3.8) is 0 Å². The Bertz CT molecular complexity index is 1780. The van der Waals surface area contributed by atoms with Crippen molar-refractivity contribution < 1.29 is 0 Å². The van der Waals surface area contributed by atoms with E-state index in [-0.39, 0.29) is 5.56 Å². The minimum atomic E-state index is -0.146. The van der Waals surface area contributed by atoms with Crippen LogP contribution in [0.3, 0.4) is 0 Å². The molecular formula is C30H18Br2N2O. The van der Waals surface area contributed by atoms with Gasteiger partial charge in [0.1, 0.15) is 0 Å². The molecule has 1 N–H and O–H groups in total. The summed E-state index contributed by atoms with van der Waals surface area (Å²) in [6.07, 6.45) is 1.83. The molecule has 2 aromatic heterocycles. The standard InChI is InChI=1S/C30H18Br2N2O/c31-20-11-13-25-22(15-20)27(18-7-3-1-4-8-18)24(17-33-25)29-28(19-9-5-2-6-10-19)23-16-21(32)12-14-26(23)34-30(29)35/h1-17H,(H,34,35). The summed E-state index contributed by atoms with van der Waals surface area (Å²) in [5.74, 6) is 0. The Morgan fingerprint density at radius 3 is 1.91 bits per heavy atom. The Morgan fingerprint density at radius 1 is 0.629 bits per heavy atom. The number of H-pyrrole nitrogens is 1. The van der Waals surface area contributed by atoms with Crippen LogP contribution in [0.5, 0.6) is 0 Å². The monoisotopic (exact) mass is 580 g/mol. The highest BCUT2D eigenvalue weighted by Crippen LogP contribution is 2.42. The lowest BCUT2D eigenvalue weighted by molar-refractivity contribution is 1.30. The number of nitrogens with zero attached hydrogens (tertiary/aromatic N) is 1. The van der Waals surface area contributed by atoms with Crippen molar-refractivity contribution in [3.05, 3.63) is 123 Å². The highest BCUT2D eigenvalue weighted by atomic mass is 79.9. The molecule has 0 fully saturated rings. The zero-order valence-electron chi connectivity index (χ0n) is 18.4. The first-order valence-corrected chi connectivity index (χ1v) is 12.7. The van der Waals surface area contributed by atoms with Crippen molar-refractivity contribution in [3.8, 4) is 33.4 Å². The fourth-order valence-corrected chi connectivity index (χ4v) is 5.42. The number of hydrogen-bond donors (Lipinski definition) is 1. The van der Waals surface area contributed by atoms with Crippen LogP contribution in [0, 0.1) is 0 Å². The number of hydrogen-bond acceptors (Lipinski definition) is 2. The van der Waals surface area contributed by atoms with Gasteiger partial charge in [-0.2, -0.15) is 0 Å². The third kappa shape index (κ3) is 3.91. The van der Waals surface area contributed by atoms with Crippen LogP contribution in [-0.2, 0) is 0 Å². The van der Waals surface area contributed by atoms with E-state index in [0.29, 0.717) is 5.56 Å². The van der Waals surface area contributed by atoms with Gasteiger partial charge in [0, 0.05) is 48.1 Å². The zero-order chi connectivity index (χ0) is 23.9. The molecule has 0 spiro atoms. The lowest BCUT2D eigenvalue weighted by atomic mass is 9.87. The minimum absolute atomic E-state index is 0.146. The van der Waals surface area contributed by atoms with Gasteiger partial charge in [0.15, 0.2) is 0 Å². The molecule has 4 aromatic carbocycles. The number of rotatable bonds is 3. The molecule has 0 atom stereocenters. The molecule has 0 amide bonds. The second-order valence-electron chi connectivity index (χ2n) is 8.33. The van der Waals surface area contributed by atoms with Crippen molar-refractivity contribution in [1.29, 1.82) is 0 Å². The van der Waals surface area contributed by atoms with E-state index in [1.54, 1.807) is 0 Å². The molecule has 0 aliphatic heterocycles. The summed E-state index contributed by atoms with van der Waals surface area (Å²) < 4.78 is 1.91. The average Bonchev–Trinajstić information content (AvgIpc) is 2.88. The fourth-order valence-electron chi connectivity index (χ4n) is 4.70. The van der Waals surface area contributed by atoms with Gasteiger partial charge in [-0.05, 0) is 47.5 Å². The SMILES string of the molecule is O=c1[nH]c2ccc(Br)cc2c(-c2ccccc2)c1-c1cnc2ccc(Br)cc2c1-c1ccccc1. The zero-order valence-corrected chi connectivity index (χ0v) is 21.6. The number of nitrogens with one attached hydrogen (secondary N) is 1. The van der Waals surface area contributed by atoms with Gasteiger partial charge in [0.2, 0.25) is 0 Å². The number of aromatic amines is 1. The summed E-state index contributed by atoms with van der Waals surface area (Å²) in [6, 6.07) is 32.3. The van der Waals surface area contributed by atoms with Crippen molar-refractivity contribution in [2.75, 3.05) is 0 Å². The first kappa shape index (κ1) is 22.0. The number of aromatic nitrogens is 2. The summed E-state index contributed by atoms with van der Waals surface area (Å²) in [4.78, 5) is 21.7. The number of pyridine rings is 2. The van der Waals surface area contributed by atoms with E-state index in [4.69, 9.17) is 4.98 Å². The number of halogens is 2. The highest BCUT2D eigenvalue weighted by Gasteiger charge is 2.22. The molecule has 3 nitrogen and oxygen atoms in total. The lowest BCUT2D eigenvalue weighted by Gasteiger charge is -2.18. The van der Waals surface area contributed by atoms with E-state index in [1.807, 2.05) is 79.0 Å². The molecule has 0 radical (unpaired) electrons. The van der Waals surface area contributed by atoms with Crippen molar-refractivity contribution >= 4 is 53.7 Å². The largest absolute Gasteiger partial charge is 0.321 e. The van der Waals surface area contributed by atoms with E-state index < -0.39 is 0 Å². The van der Waals surface area contributed by atoms with E-state index >= 15 is 0 Å². The molecule has 35 heavy (non-hydrogen) atoms. The normalized spacial score (nSPS) is 11.3. The maximum Gasteiger partial charge on any atom is 0.257 e. The lowest BCUT2D eigenvalue weighted by Crippen LogP contribution is -2.12. The molecule has 0 bridgehead atoms. The minimum Gasteiger partial charge on any atom is -0.321 e. The van der Waals surface area contributed by atoms with Crippen molar-refractivity contribution in [2.45, 2.75) is 0 Å². The van der Waals surface area contributed by atoms with Gasteiger partial charge in [0.05, 0.1) is 11.1 Å². The fraction of sp³-hybridized carbons (Fsp3) is 0. The molecule has 0 aliphatic carbocycles. The predicted octanol–water partition coefficient (Wildman–Crippen LogP) is 8.60. The highest BCUT2D eigenvalue weighted by molar-refractivity contribution is 9.10. The summed E-state index contributed by atoms with van der Waals surface area (Å²) in [5, 5.41) is 1.95. The maximum atomic E-state index is 13.8. The van der Waals surface area contributed by atoms with Crippen LogP contribution >= 0.6 is 31.9 Å². The average molecular weight is 582 g/mol. The van der Waals surface area contributed by atoms with Crippen LogP contribution in [0.15, 0.2) is 117 Å². The Labute approximate surface area is 218 Å². The van der Waals surface area contributed by atoms with Gasteiger partial charge in [0.25, 0.3) is 5.56 Å². The topological polar surface area (TPSA) is 45.8 Å². The molecule has 0 aliphatic rings. The molecule has 5 heteroatoms. The van der Waals surface area contributed by atoms with Crippen molar-refractivity contribution in [1.82, 2.24) is 9.97 Å². The predicted molar refractivity (Wildman–Crippen MR) is 152 cm³/mol. The van der Waals surface area contributed by atoms with Crippen LogP contribution in [0.1, 0.15) is 0 Å². The summed E-state index contributed by atoms with van der Waals surface area (Å²) in [6.45, 7) is 0. The Kier molecular flexibility index (Phi) is 5.59. The first-order chi connectivity index (χ1) is 17.1. The quantitative estimate of drug-likeness (QED) is 0.227. The second-order valence-corrected chi connectivity index (χ2v) is 10.2. The molecule has 0 saturated carbocycles. The third-order valence-electron chi connectivity index (χ3n) is 6.20. The van der Waals surface area contributed by atoms with E-state index in [2.05, 4.69) is 61.1 Å². The van der Waals surface area contributed by atoms with Gasteiger partial charge in [-0.1, -0.05) is 92.5 Å². The van der Waals surface area contributed by atoms with E-state index in [1.165, 1.54) is 0 Å². The first-order valence-electron chi connectivity index (χ1n) is 11.2. The molecule has 6 rings (SSSR count). The van der Waals surface area contributed by atoms with Crippen molar-refractivity contribution in [2.24, 2.45) is 0 Å². The molecular weight excluding hydrogens is 564 g/mol. The Morgan fingerprint density at radius 2 is 1.23 bits per heavy atom. The van der Waals surface area contributed by atoms with Crippen LogP contribution < -0.4 is 5.56 Å². The summed E-state index contributed by atoms with van der Waals surface area (Å²) in [5.41, 5.74) is 6.79. The number of fused-ring (bicyclic) bond motifs is 2. The van der Waals surface area contributed by atoms with E-state index in [0.717, 1.165) is 58.6 Å². The van der Waals surface area contributed by atoms with Gasteiger partial charge in [-0.25, -0.2) is 0 Å². The maximum absolute atomic E-state index is 13.8. The van der Waals surface area contributed by atoms with Crippen LogP contribution in [0.4, 0.5) is 0 Å². The summed E-state index contributed by atoms with van der Waals surface area (Å²) in [7, 11) is 0. The summed E-state index contributed by atoms with van der Waals surface area (Å²) >= 11 is 7.25. The molecule has 168 valence electrons. The molecule has 0 unspecified atom stereocenters. The van der Waals surface area contributed by atoms with Gasteiger partial charge in [-0.15, -0.1) is 0 Å². The molecule has 6 aromatic rings. The number of benzene rings is 4. The Hall–Kier alpha value is -3.54. The van der Waals surface area contributed by atoms with Crippen LogP contribution in [0.2, 0.25) is 0 Å². The van der Waals surface area contributed by atoms with Gasteiger partial charge in [-0.3, -0.25) is 9.78 Å². The third-order valence-corrected chi connectivity index (χ3v) is 7.19. The Balaban J connectivity index is 1.82. The smallest absolute Gasteiger partial charge is 0.257 e. The van der Waals surface area contributed by atoms with Crippen LogP contribution in [-0.4, -0.2) is 9.97 Å². The molecule has 2 heterocycles. The second kappa shape index (κ2) is 8.91. The molecule has 0 saturated heterocycles. The van der Waals surface area contributed by atoms with Gasteiger partial charge < -0.3 is 4.98 Å². The van der Waals surface area contributed by atoms with Gasteiger partial charge >= 0.3 is 0 Å².